The van der Waals surface area contributed by atoms with Crippen molar-refractivity contribution in [1.29, 1.82) is 0 Å². The third-order valence-corrected chi connectivity index (χ3v) is 3.67. The van der Waals surface area contributed by atoms with E-state index in [0.717, 1.165) is 0 Å². The monoisotopic (exact) mass is 196 g/mol. The van der Waals surface area contributed by atoms with E-state index in [1.54, 1.807) is 30.3 Å². The number of hydrogen-bond donors (Lipinski definition) is 2. The van der Waals surface area contributed by atoms with Crippen molar-refractivity contribution in [2.24, 2.45) is 0 Å². The van der Waals surface area contributed by atoms with Crippen LogP contribution >= 0.6 is 0 Å². The van der Waals surface area contributed by atoms with E-state index in [-0.39, 0.29) is 0 Å². The highest BCUT2D eigenvalue weighted by Gasteiger charge is 2.30. The van der Waals surface area contributed by atoms with Gasteiger partial charge in [-0.25, -0.2) is 0 Å². The van der Waals surface area contributed by atoms with Crippen LogP contribution in [0.3, 0.4) is 0 Å². The van der Waals surface area contributed by atoms with Crippen molar-refractivity contribution in [3.05, 3.63) is 30.3 Å². The predicted molar refractivity (Wildman–Crippen MR) is 49.3 cm³/mol. The molecule has 4 nitrogen and oxygen atoms in total. The summed E-state index contributed by atoms with van der Waals surface area (Å²) in [5.41, 5.74) is -2.42. The largest absolute Gasteiger partial charge is 0.485 e. The van der Waals surface area contributed by atoms with E-state index in [1.807, 2.05) is 0 Å². The van der Waals surface area contributed by atoms with Crippen molar-refractivity contribution < 1.29 is 19.8 Å². The lowest BCUT2D eigenvalue weighted by Gasteiger charge is -2.03. The molecule has 13 heavy (non-hydrogen) atoms. The molecule has 0 aliphatic heterocycles. The maximum Gasteiger partial charge on any atom is 0.326 e. The van der Waals surface area contributed by atoms with Gasteiger partial charge in [-0.2, -0.15) is 0 Å². The van der Waals surface area contributed by atoms with E-state index in [2.05, 4.69) is 0 Å². The number of rotatable bonds is 3. The van der Waals surface area contributed by atoms with Gasteiger partial charge < -0.3 is 10.2 Å². The molecule has 68 valence electrons. The second-order valence-corrected chi connectivity index (χ2v) is 5.04. The highest BCUT2D eigenvalue weighted by molar-refractivity contribution is 7.16. The molecule has 0 aromatic heterocycles. The molecule has 0 saturated heterocycles. The lowest BCUT2D eigenvalue weighted by Crippen LogP contribution is -2.44. The van der Waals surface area contributed by atoms with Crippen LogP contribution in [0.1, 0.15) is 0 Å². The molecule has 0 atom stereocenters. The summed E-state index contributed by atoms with van der Waals surface area (Å²) in [5.74, 6) is 0. The fourth-order valence-electron chi connectivity index (χ4n) is 1.04. The highest BCUT2D eigenvalue weighted by Crippen LogP contribution is 1.91. The first-order valence-corrected chi connectivity index (χ1v) is 5.36. The summed E-state index contributed by atoms with van der Waals surface area (Å²) in [7, 11) is -2.91. The van der Waals surface area contributed by atoms with Gasteiger partial charge in [0.25, 0.3) is 11.2 Å². The van der Waals surface area contributed by atoms with Crippen LogP contribution < -0.4 is 5.19 Å². The van der Waals surface area contributed by atoms with E-state index in [4.69, 9.17) is 10.2 Å². The Hall–Kier alpha value is -1.62. The van der Waals surface area contributed by atoms with Crippen molar-refractivity contribution in [1.82, 2.24) is 0 Å². The Balaban J connectivity index is 3.03. The zero-order valence-electron chi connectivity index (χ0n) is 6.68. The molecule has 0 spiro atoms. The maximum absolute atomic E-state index is 10.6. The Labute approximate surface area is 76.1 Å². The Morgan fingerprint density at radius 3 is 1.85 bits per heavy atom. The molecule has 0 bridgehead atoms. The van der Waals surface area contributed by atoms with Gasteiger partial charge in [-0.05, 0) is 5.19 Å². The molecule has 0 aliphatic carbocycles. The Bertz CT molecular complexity index is 308. The van der Waals surface area contributed by atoms with Crippen LogP contribution in [0.5, 0.6) is 0 Å². The van der Waals surface area contributed by atoms with E-state index in [1.165, 1.54) is 0 Å². The molecule has 1 aromatic rings. The quantitative estimate of drug-likeness (QED) is 0.696. The van der Waals surface area contributed by atoms with Crippen LogP contribution in [0.15, 0.2) is 30.3 Å². The van der Waals surface area contributed by atoms with Gasteiger partial charge in [0.15, 0.2) is 0 Å². The molecule has 0 saturated carbocycles. The fourth-order valence-corrected chi connectivity index (χ4v) is 2.42. The zero-order valence-corrected chi connectivity index (χ0v) is 7.83. The molecule has 0 amide bonds. The van der Waals surface area contributed by atoms with Crippen molar-refractivity contribution in [2.45, 2.75) is 0 Å². The summed E-state index contributed by atoms with van der Waals surface area (Å²) in [6, 6.07) is 8.08. The second kappa shape index (κ2) is 3.86. The van der Waals surface area contributed by atoms with Crippen molar-refractivity contribution in [3.8, 4) is 0 Å². The van der Waals surface area contributed by atoms with E-state index in [0.29, 0.717) is 5.19 Å². The first-order chi connectivity index (χ1) is 6.13. The first-order valence-electron chi connectivity index (χ1n) is 3.63. The summed E-state index contributed by atoms with van der Waals surface area (Å²) in [5, 5.41) is 17.8. The molecule has 5 heteroatoms. The van der Waals surface area contributed by atoms with Gasteiger partial charge in [-0.3, -0.25) is 9.59 Å². The minimum absolute atomic E-state index is 0.419. The molecule has 0 heterocycles. The number of benzene rings is 1. The fraction of sp³-hybridized carbons (Fsp3) is 0. The maximum atomic E-state index is 10.6. The molecule has 1 rings (SSSR count). The van der Waals surface area contributed by atoms with Crippen LogP contribution in [0.25, 0.3) is 0 Å². The first kappa shape index (κ1) is 9.46. The number of hydrogen-bond acceptors (Lipinski definition) is 2. The summed E-state index contributed by atoms with van der Waals surface area (Å²) in [6.45, 7) is 0. The molecular weight excluding hydrogens is 188 g/mol. The lowest BCUT2D eigenvalue weighted by atomic mass is 10.4. The van der Waals surface area contributed by atoms with Crippen LogP contribution in [-0.4, -0.2) is 30.2 Å². The van der Waals surface area contributed by atoms with Gasteiger partial charge in [0.2, 0.25) is 0 Å². The number of carboxylic acid groups (broad SMARTS) is 2. The van der Waals surface area contributed by atoms with Gasteiger partial charge in [-0.1, -0.05) is 30.3 Å². The predicted octanol–water partition coefficient (Wildman–Crippen LogP) is 0.640. The van der Waals surface area contributed by atoms with Crippen molar-refractivity contribution in [3.63, 3.8) is 0 Å². The Morgan fingerprint density at radius 2 is 1.46 bits per heavy atom. The van der Waals surface area contributed by atoms with Crippen LogP contribution in [0.2, 0.25) is 0 Å². The average Bonchev–Trinajstić information content (AvgIpc) is 2.04. The number of carbonyl (C=O) groups is 2. The van der Waals surface area contributed by atoms with Crippen molar-refractivity contribution in [2.75, 3.05) is 0 Å². The SMILES string of the molecule is O=C(O)[SiH](C(=O)O)c1ccccc1. The van der Waals surface area contributed by atoms with Gasteiger partial charge >= 0.3 is 8.80 Å². The molecule has 0 radical (unpaired) electrons. The second-order valence-electron chi connectivity index (χ2n) is 2.52. The minimum atomic E-state index is -2.91. The smallest absolute Gasteiger partial charge is 0.326 e. The molecule has 0 fully saturated rings. The summed E-state index contributed by atoms with van der Waals surface area (Å²) in [4.78, 5) is 21.2. The summed E-state index contributed by atoms with van der Waals surface area (Å²) < 4.78 is 0. The highest BCUT2D eigenvalue weighted by atomic mass is 28.3. The molecule has 1 aromatic carbocycles. The molecule has 0 unspecified atom stereocenters. The molecule has 0 aliphatic rings. The zero-order chi connectivity index (χ0) is 9.84. The van der Waals surface area contributed by atoms with Crippen LogP contribution in [0, 0.1) is 0 Å². The molecule has 2 N–H and O–H groups in total. The van der Waals surface area contributed by atoms with E-state index in [9.17, 15) is 9.59 Å². The van der Waals surface area contributed by atoms with Crippen LogP contribution in [-0.2, 0) is 0 Å². The lowest BCUT2D eigenvalue weighted by molar-refractivity contribution is 0.212. The third-order valence-electron chi connectivity index (χ3n) is 1.63. The van der Waals surface area contributed by atoms with Gasteiger partial charge in [0.1, 0.15) is 0 Å². The Kier molecular flexibility index (Phi) is 2.81. The Morgan fingerprint density at radius 1 is 1.00 bits per heavy atom. The van der Waals surface area contributed by atoms with E-state index >= 15 is 0 Å². The van der Waals surface area contributed by atoms with Gasteiger partial charge in [-0.15, -0.1) is 0 Å². The van der Waals surface area contributed by atoms with Crippen LogP contribution in [0.4, 0.5) is 9.59 Å². The molecular formula is C8H8O4Si. The van der Waals surface area contributed by atoms with Crippen molar-refractivity contribution >= 4 is 25.2 Å². The summed E-state index contributed by atoms with van der Waals surface area (Å²) >= 11 is 0. The average molecular weight is 196 g/mol. The van der Waals surface area contributed by atoms with Gasteiger partial charge in [0.05, 0.1) is 0 Å². The standard InChI is InChI=1S/C8H8O4Si/c9-7(10)13(8(11)12)6-4-2-1-3-5-6/h1-5,13H,(H,9,10)(H,11,12). The topological polar surface area (TPSA) is 74.6 Å². The normalized spacial score (nSPS) is 9.92. The van der Waals surface area contributed by atoms with Gasteiger partial charge in [0, 0.05) is 0 Å². The third kappa shape index (κ3) is 2.16. The summed E-state index contributed by atoms with van der Waals surface area (Å²) in [6.07, 6.45) is 0. The van der Waals surface area contributed by atoms with E-state index < -0.39 is 20.0 Å². The minimum Gasteiger partial charge on any atom is -0.485 e.